The third-order valence-corrected chi connectivity index (χ3v) is 4.43. The van der Waals surface area contributed by atoms with Crippen molar-refractivity contribution >= 4 is 0 Å². The molecule has 0 bridgehead atoms. The molecule has 0 amide bonds. The maximum Gasteiger partial charge on any atom is 0.0616 e. The Hall–Kier alpha value is -0.900. The van der Waals surface area contributed by atoms with E-state index in [0.717, 1.165) is 12.8 Å². The highest BCUT2D eigenvalue weighted by Crippen LogP contribution is 2.43. The Morgan fingerprint density at radius 2 is 2.15 bits per heavy atom. The average molecular weight is 277 g/mol. The van der Waals surface area contributed by atoms with Gasteiger partial charge in [-0.25, -0.2) is 0 Å². The first-order valence-electron chi connectivity index (χ1n) is 7.52. The lowest BCUT2D eigenvalue weighted by Crippen LogP contribution is -2.45. The van der Waals surface area contributed by atoms with Crippen LogP contribution in [0.3, 0.4) is 0 Å². The Balaban J connectivity index is 2.22. The molecule has 2 atom stereocenters. The number of hydrogen-bond donors (Lipinski definition) is 2. The summed E-state index contributed by atoms with van der Waals surface area (Å²) in [5, 5.41) is 12.9. The lowest BCUT2D eigenvalue weighted by Gasteiger charge is -2.42. The van der Waals surface area contributed by atoms with Crippen LogP contribution in [-0.2, 0) is 11.2 Å². The van der Waals surface area contributed by atoms with E-state index in [1.165, 1.54) is 17.5 Å². The van der Waals surface area contributed by atoms with Crippen molar-refractivity contribution < 1.29 is 9.84 Å². The van der Waals surface area contributed by atoms with Gasteiger partial charge in [0.1, 0.15) is 0 Å². The molecule has 0 spiro atoms. The number of benzene rings is 1. The van der Waals surface area contributed by atoms with Gasteiger partial charge in [0.15, 0.2) is 0 Å². The van der Waals surface area contributed by atoms with Crippen LogP contribution in [0.15, 0.2) is 24.3 Å². The fourth-order valence-electron chi connectivity index (χ4n) is 3.19. The minimum absolute atomic E-state index is 0.190. The van der Waals surface area contributed by atoms with Crippen LogP contribution in [0.4, 0.5) is 0 Å². The van der Waals surface area contributed by atoms with Crippen molar-refractivity contribution in [2.75, 3.05) is 20.3 Å². The van der Waals surface area contributed by atoms with Crippen LogP contribution in [0.25, 0.3) is 0 Å². The lowest BCUT2D eigenvalue weighted by atomic mass is 9.70. The van der Waals surface area contributed by atoms with Crippen molar-refractivity contribution in [3.63, 3.8) is 0 Å². The molecule has 1 aromatic carbocycles. The monoisotopic (exact) mass is 277 g/mol. The number of nitrogens with one attached hydrogen (secondary N) is 1. The molecule has 2 N–H and O–H groups in total. The largest absolute Gasteiger partial charge is 0.396 e. The molecule has 1 aliphatic carbocycles. The number of aliphatic hydroxyl groups excluding tert-OH is 1. The van der Waals surface area contributed by atoms with Crippen molar-refractivity contribution in [1.29, 1.82) is 0 Å². The molecule has 112 valence electrons. The number of aryl methyl sites for hydroxylation is 1. The zero-order valence-electron chi connectivity index (χ0n) is 12.9. The summed E-state index contributed by atoms with van der Waals surface area (Å²) in [6.07, 6.45) is 3.05. The molecule has 2 rings (SSSR count). The van der Waals surface area contributed by atoms with Gasteiger partial charge in [-0.2, -0.15) is 0 Å². The highest BCUT2D eigenvalue weighted by molar-refractivity contribution is 5.34. The van der Waals surface area contributed by atoms with Crippen LogP contribution < -0.4 is 5.32 Å². The SMILES string of the molecule is COCC(CCO)NC1c2ccccc2CCC1(C)C. The van der Waals surface area contributed by atoms with Gasteiger partial charge in [0.05, 0.1) is 6.61 Å². The van der Waals surface area contributed by atoms with Gasteiger partial charge in [0.25, 0.3) is 0 Å². The first-order chi connectivity index (χ1) is 9.58. The van der Waals surface area contributed by atoms with Crippen LogP contribution >= 0.6 is 0 Å². The maximum absolute atomic E-state index is 9.22. The minimum Gasteiger partial charge on any atom is -0.396 e. The van der Waals surface area contributed by atoms with E-state index in [2.05, 4.69) is 43.4 Å². The third-order valence-electron chi connectivity index (χ3n) is 4.43. The molecule has 1 aliphatic rings. The maximum atomic E-state index is 9.22. The second-order valence-corrected chi connectivity index (χ2v) is 6.45. The molecule has 0 aromatic heterocycles. The average Bonchev–Trinajstić information content (AvgIpc) is 2.42. The Morgan fingerprint density at radius 3 is 2.85 bits per heavy atom. The van der Waals surface area contributed by atoms with E-state index >= 15 is 0 Å². The Labute approximate surface area is 122 Å². The van der Waals surface area contributed by atoms with Crippen molar-refractivity contribution in [3.8, 4) is 0 Å². The number of hydrogen-bond acceptors (Lipinski definition) is 3. The van der Waals surface area contributed by atoms with Crippen molar-refractivity contribution in [3.05, 3.63) is 35.4 Å². The highest BCUT2D eigenvalue weighted by atomic mass is 16.5. The van der Waals surface area contributed by atoms with Gasteiger partial charge in [-0.05, 0) is 35.8 Å². The van der Waals surface area contributed by atoms with Crippen molar-refractivity contribution in [2.45, 2.75) is 45.2 Å². The van der Waals surface area contributed by atoms with E-state index < -0.39 is 0 Å². The number of fused-ring (bicyclic) bond motifs is 1. The molecule has 3 heteroatoms. The van der Waals surface area contributed by atoms with E-state index in [1.807, 2.05) is 0 Å². The summed E-state index contributed by atoms with van der Waals surface area (Å²) < 4.78 is 5.28. The Bertz CT molecular complexity index is 425. The molecule has 1 aromatic rings. The molecule has 0 heterocycles. The first kappa shape index (κ1) is 15.5. The summed E-state index contributed by atoms with van der Waals surface area (Å²) in [5.41, 5.74) is 3.07. The van der Waals surface area contributed by atoms with Crippen LogP contribution in [0, 0.1) is 5.41 Å². The van der Waals surface area contributed by atoms with Gasteiger partial charge in [0, 0.05) is 25.8 Å². The van der Waals surface area contributed by atoms with Gasteiger partial charge < -0.3 is 15.2 Å². The molecule has 3 nitrogen and oxygen atoms in total. The Morgan fingerprint density at radius 1 is 1.40 bits per heavy atom. The molecule has 0 fully saturated rings. The summed E-state index contributed by atoms with van der Waals surface area (Å²) in [4.78, 5) is 0. The highest BCUT2D eigenvalue weighted by Gasteiger charge is 2.36. The number of methoxy groups -OCH3 is 1. The Kier molecular flexibility index (Phi) is 5.19. The van der Waals surface area contributed by atoms with Crippen molar-refractivity contribution in [1.82, 2.24) is 5.32 Å². The molecule has 20 heavy (non-hydrogen) atoms. The van der Waals surface area contributed by atoms with E-state index in [4.69, 9.17) is 4.74 Å². The third kappa shape index (κ3) is 3.40. The molecule has 0 radical (unpaired) electrons. The minimum atomic E-state index is 0.190. The summed E-state index contributed by atoms with van der Waals surface area (Å²) in [6.45, 7) is 5.47. The van der Waals surface area contributed by atoms with Crippen LogP contribution in [0.1, 0.15) is 43.9 Å². The summed E-state index contributed by atoms with van der Waals surface area (Å²) >= 11 is 0. The predicted octanol–water partition coefficient (Wildman–Crippen LogP) is 2.69. The van der Waals surface area contributed by atoms with Crippen molar-refractivity contribution in [2.24, 2.45) is 5.41 Å². The zero-order chi connectivity index (χ0) is 14.6. The second kappa shape index (κ2) is 6.70. The van der Waals surface area contributed by atoms with Gasteiger partial charge in [-0.3, -0.25) is 0 Å². The van der Waals surface area contributed by atoms with E-state index in [0.29, 0.717) is 12.6 Å². The summed E-state index contributed by atoms with van der Waals surface area (Å²) in [6, 6.07) is 9.22. The quantitative estimate of drug-likeness (QED) is 0.840. The van der Waals surface area contributed by atoms with E-state index in [9.17, 15) is 5.11 Å². The molecular weight excluding hydrogens is 250 g/mol. The van der Waals surface area contributed by atoms with Gasteiger partial charge in [-0.15, -0.1) is 0 Å². The number of aliphatic hydroxyl groups is 1. The molecule has 2 unspecified atom stereocenters. The zero-order valence-corrected chi connectivity index (χ0v) is 12.9. The normalized spacial score (nSPS) is 22.3. The topological polar surface area (TPSA) is 41.5 Å². The lowest BCUT2D eigenvalue weighted by molar-refractivity contribution is 0.116. The molecular formula is C17H27NO2. The number of ether oxygens (including phenoxy) is 1. The fourth-order valence-corrected chi connectivity index (χ4v) is 3.19. The van der Waals surface area contributed by atoms with Crippen LogP contribution in [0.2, 0.25) is 0 Å². The summed E-state index contributed by atoms with van der Waals surface area (Å²) in [5.74, 6) is 0. The van der Waals surface area contributed by atoms with Crippen LogP contribution in [0.5, 0.6) is 0 Å². The number of rotatable bonds is 6. The fraction of sp³-hybridized carbons (Fsp3) is 0.647. The standard InChI is InChI=1S/C17H27NO2/c1-17(2)10-8-13-6-4-5-7-15(13)16(17)18-14(9-11-19)12-20-3/h4-7,14,16,18-19H,8-12H2,1-3H3. The molecule has 0 saturated carbocycles. The van der Waals surface area contributed by atoms with E-state index in [1.54, 1.807) is 7.11 Å². The molecule has 0 saturated heterocycles. The van der Waals surface area contributed by atoms with Gasteiger partial charge in [0.2, 0.25) is 0 Å². The molecule has 0 aliphatic heterocycles. The second-order valence-electron chi connectivity index (χ2n) is 6.45. The smallest absolute Gasteiger partial charge is 0.0616 e. The predicted molar refractivity (Wildman–Crippen MR) is 81.8 cm³/mol. The first-order valence-corrected chi connectivity index (χ1v) is 7.52. The van der Waals surface area contributed by atoms with Gasteiger partial charge in [-0.1, -0.05) is 38.1 Å². The van der Waals surface area contributed by atoms with E-state index in [-0.39, 0.29) is 18.1 Å². The van der Waals surface area contributed by atoms with Gasteiger partial charge >= 0.3 is 0 Å². The summed E-state index contributed by atoms with van der Waals surface area (Å²) in [7, 11) is 1.71. The van der Waals surface area contributed by atoms with Crippen LogP contribution in [-0.4, -0.2) is 31.5 Å².